The van der Waals surface area contributed by atoms with Crippen molar-refractivity contribution in [2.75, 3.05) is 19.7 Å². The Morgan fingerprint density at radius 2 is 1.80 bits per heavy atom. The zero-order chi connectivity index (χ0) is 24.7. The summed E-state index contributed by atoms with van der Waals surface area (Å²) in [6.45, 7) is 2.03. The Morgan fingerprint density at radius 1 is 1.03 bits per heavy atom. The van der Waals surface area contributed by atoms with E-state index in [0.29, 0.717) is 48.5 Å². The van der Waals surface area contributed by atoms with Crippen molar-refractivity contribution in [2.24, 2.45) is 0 Å². The maximum absolute atomic E-state index is 14.2. The minimum Gasteiger partial charge on any atom is -0.376 e. The van der Waals surface area contributed by atoms with Crippen LogP contribution < -0.4 is 0 Å². The SMILES string of the molecule is O=S(=O)(c1ccc2c(c1)nc(SCc1cc(F)c(F)c(F)c1F)n2C[C@@H]1CCCO1)N1CCCC1. The average molecular weight is 530 g/mol. The van der Waals surface area contributed by atoms with Gasteiger partial charge in [-0.3, -0.25) is 0 Å². The van der Waals surface area contributed by atoms with E-state index in [2.05, 4.69) is 4.98 Å². The lowest BCUT2D eigenvalue weighted by Gasteiger charge is -2.16. The number of sulfonamides is 1. The number of fused-ring (bicyclic) bond motifs is 1. The van der Waals surface area contributed by atoms with Crippen molar-refractivity contribution in [1.82, 2.24) is 13.9 Å². The van der Waals surface area contributed by atoms with E-state index in [1.165, 1.54) is 10.4 Å². The number of ether oxygens (including phenoxy) is 1. The molecule has 2 fully saturated rings. The molecule has 2 aliphatic rings. The number of rotatable bonds is 7. The third kappa shape index (κ3) is 4.68. The lowest BCUT2D eigenvalue weighted by atomic mass is 10.2. The molecule has 0 aliphatic carbocycles. The molecule has 1 aromatic heterocycles. The molecule has 0 saturated carbocycles. The summed E-state index contributed by atoms with van der Waals surface area (Å²) in [6.07, 6.45) is 3.32. The summed E-state index contributed by atoms with van der Waals surface area (Å²) >= 11 is 1.03. The van der Waals surface area contributed by atoms with Crippen LogP contribution in [0.25, 0.3) is 11.0 Å². The molecule has 12 heteroatoms. The molecular weight excluding hydrogens is 506 g/mol. The van der Waals surface area contributed by atoms with Gasteiger partial charge in [-0.2, -0.15) is 4.31 Å². The van der Waals surface area contributed by atoms with Gasteiger partial charge in [0.05, 0.1) is 28.6 Å². The van der Waals surface area contributed by atoms with Gasteiger partial charge in [0.2, 0.25) is 10.0 Å². The van der Waals surface area contributed by atoms with Gasteiger partial charge in [-0.15, -0.1) is 0 Å². The second kappa shape index (κ2) is 9.72. The first-order valence-corrected chi connectivity index (χ1v) is 13.7. The number of halogens is 4. The lowest BCUT2D eigenvalue weighted by Crippen LogP contribution is -2.27. The molecule has 0 unspecified atom stereocenters. The minimum atomic E-state index is -3.65. The molecule has 0 radical (unpaired) electrons. The van der Waals surface area contributed by atoms with E-state index >= 15 is 0 Å². The van der Waals surface area contributed by atoms with Crippen LogP contribution in [0.15, 0.2) is 34.3 Å². The van der Waals surface area contributed by atoms with E-state index in [0.717, 1.165) is 37.4 Å². The third-order valence-electron chi connectivity index (χ3n) is 6.33. The molecule has 5 rings (SSSR count). The van der Waals surface area contributed by atoms with Crippen molar-refractivity contribution in [2.45, 2.75) is 54.1 Å². The van der Waals surface area contributed by atoms with Crippen molar-refractivity contribution in [3.63, 3.8) is 0 Å². The maximum Gasteiger partial charge on any atom is 0.243 e. The normalized spacial score (nSPS) is 19.3. The number of hydrogen-bond donors (Lipinski definition) is 0. The number of benzene rings is 2. The van der Waals surface area contributed by atoms with Gasteiger partial charge < -0.3 is 9.30 Å². The summed E-state index contributed by atoms with van der Waals surface area (Å²) < 4.78 is 89.9. The molecule has 0 bridgehead atoms. The van der Waals surface area contributed by atoms with Crippen LogP contribution in [0.1, 0.15) is 31.2 Å². The molecule has 0 N–H and O–H groups in total. The number of hydrogen-bond acceptors (Lipinski definition) is 5. The van der Waals surface area contributed by atoms with E-state index < -0.39 is 33.3 Å². The quantitative estimate of drug-likeness (QED) is 0.190. The Hall–Kier alpha value is -2.15. The first-order chi connectivity index (χ1) is 16.8. The maximum atomic E-state index is 14.2. The first kappa shape index (κ1) is 24.5. The highest BCUT2D eigenvalue weighted by Gasteiger charge is 2.28. The highest BCUT2D eigenvalue weighted by molar-refractivity contribution is 7.98. The average Bonchev–Trinajstić information content (AvgIpc) is 3.61. The van der Waals surface area contributed by atoms with Crippen LogP contribution >= 0.6 is 11.8 Å². The fourth-order valence-electron chi connectivity index (χ4n) is 4.47. The van der Waals surface area contributed by atoms with Crippen LogP contribution in [0.4, 0.5) is 17.6 Å². The highest BCUT2D eigenvalue weighted by atomic mass is 32.2. The summed E-state index contributed by atoms with van der Waals surface area (Å²) in [5.74, 6) is -6.83. The first-order valence-electron chi connectivity index (χ1n) is 11.3. The van der Waals surface area contributed by atoms with Crippen LogP contribution in [-0.2, 0) is 27.1 Å². The lowest BCUT2D eigenvalue weighted by molar-refractivity contribution is 0.0960. The highest BCUT2D eigenvalue weighted by Crippen LogP contribution is 2.32. The van der Waals surface area contributed by atoms with Crippen LogP contribution in [0.5, 0.6) is 0 Å². The number of imidazole rings is 1. The van der Waals surface area contributed by atoms with Crippen molar-refractivity contribution >= 4 is 32.8 Å². The second-order valence-corrected chi connectivity index (χ2v) is 11.5. The molecule has 0 amide bonds. The monoisotopic (exact) mass is 529 g/mol. The summed E-state index contributed by atoms with van der Waals surface area (Å²) in [5, 5.41) is 0.413. The predicted molar refractivity (Wildman–Crippen MR) is 123 cm³/mol. The van der Waals surface area contributed by atoms with E-state index in [9.17, 15) is 26.0 Å². The van der Waals surface area contributed by atoms with E-state index in [-0.39, 0.29) is 22.3 Å². The summed E-state index contributed by atoms with van der Waals surface area (Å²) in [6, 6.07) is 5.37. The van der Waals surface area contributed by atoms with Crippen LogP contribution in [0.3, 0.4) is 0 Å². The van der Waals surface area contributed by atoms with Gasteiger partial charge in [0.15, 0.2) is 28.4 Å². The van der Waals surface area contributed by atoms with E-state index in [1.807, 2.05) is 4.57 Å². The van der Waals surface area contributed by atoms with Crippen molar-refractivity contribution < 1.29 is 30.7 Å². The molecule has 2 aromatic carbocycles. The molecular formula is C23H23F4N3O3S2. The van der Waals surface area contributed by atoms with Crippen molar-refractivity contribution in [1.29, 1.82) is 0 Å². The van der Waals surface area contributed by atoms with Gasteiger partial charge in [0, 0.05) is 31.0 Å². The Balaban J connectivity index is 1.50. The van der Waals surface area contributed by atoms with Gasteiger partial charge in [0.1, 0.15) is 0 Å². The van der Waals surface area contributed by atoms with Crippen LogP contribution in [0, 0.1) is 23.3 Å². The molecule has 35 heavy (non-hydrogen) atoms. The molecule has 2 aliphatic heterocycles. The second-order valence-electron chi connectivity index (χ2n) is 8.65. The summed E-state index contributed by atoms with van der Waals surface area (Å²) in [4.78, 5) is 4.70. The molecule has 6 nitrogen and oxygen atoms in total. The fourth-order valence-corrected chi connectivity index (χ4v) is 7.00. The largest absolute Gasteiger partial charge is 0.376 e. The van der Waals surface area contributed by atoms with Gasteiger partial charge in [0.25, 0.3) is 0 Å². The minimum absolute atomic E-state index is 0.0720. The van der Waals surface area contributed by atoms with Gasteiger partial charge >= 0.3 is 0 Å². The van der Waals surface area contributed by atoms with Gasteiger partial charge in [-0.1, -0.05) is 11.8 Å². The third-order valence-corrected chi connectivity index (χ3v) is 9.25. The number of aromatic nitrogens is 2. The van der Waals surface area contributed by atoms with Crippen LogP contribution in [-0.4, -0.2) is 48.1 Å². The smallest absolute Gasteiger partial charge is 0.243 e. The molecule has 0 spiro atoms. The standard InChI is InChI=1S/C23H23F4N3O3S2/c24-17-10-14(20(25)22(27)21(17)26)13-34-23-28-18-11-16(35(31,32)29-7-1-2-8-29)5-6-19(18)30(23)12-15-4-3-9-33-15/h5-6,10-11,15H,1-4,7-9,12-13H2/t15-/m0/s1. The molecule has 1 atom stereocenters. The van der Waals surface area contributed by atoms with Gasteiger partial charge in [-0.05, 0) is 49.9 Å². The Bertz CT molecular complexity index is 1370. The van der Waals surface area contributed by atoms with E-state index in [4.69, 9.17) is 4.74 Å². The molecule has 2 saturated heterocycles. The predicted octanol–water partition coefficient (Wildman–Crippen LogP) is 4.85. The van der Waals surface area contributed by atoms with E-state index in [1.54, 1.807) is 12.1 Å². The zero-order valence-electron chi connectivity index (χ0n) is 18.6. The van der Waals surface area contributed by atoms with Gasteiger partial charge in [-0.25, -0.2) is 31.0 Å². The Labute approximate surface area is 204 Å². The van der Waals surface area contributed by atoms with Crippen molar-refractivity contribution in [3.05, 3.63) is 53.1 Å². The Kier molecular flexibility index (Phi) is 6.81. The van der Waals surface area contributed by atoms with Crippen LogP contribution in [0.2, 0.25) is 0 Å². The molecule has 3 aromatic rings. The van der Waals surface area contributed by atoms with Crippen molar-refractivity contribution in [3.8, 4) is 0 Å². The number of nitrogens with zero attached hydrogens (tertiary/aromatic N) is 3. The summed E-state index contributed by atoms with van der Waals surface area (Å²) in [7, 11) is -3.65. The molecule has 3 heterocycles. The fraction of sp³-hybridized carbons (Fsp3) is 0.435. The topological polar surface area (TPSA) is 64.4 Å². The zero-order valence-corrected chi connectivity index (χ0v) is 20.3. The summed E-state index contributed by atoms with van der Waals surface area (Å²) in [5.41, 5.74) is 0.766. The molecule has 188 valence electrons. The number of thioether (sulfide) groups is 1. The Morgan fingerprint density at radius 3 is 2.51 bits per heavy atom.